The van der Waals surface area contributed by atoms with Gasteiger partial charge in [-0.1, -0.05) is 0 Å². The van der Waals surface area contributed by atoms with E-state index in [1.807, 2.05) is 0 Å². The van der Waals surface area contributed by atoms with Crippen LogP contribution in [-0.4, -0.2) is 70.2 Å². The van der Waals surface area contributed by atoms with E-state index in [1.54, 1.807) is 11.3 Å². The Balaban J connectivity index is 0.000000225. The molecule has 2 rings (SSSR count). The van der Waals surface area contributed by atoms with Crippen LogP contribution < -0.4 is 0 Å². The molecule has 0 bridgehead atoms. The zero-order valence-corrected chi connectivity index (χ0v) is 13.0. The van der Waals surface area contributed by atoms with Gasteiger partial charge in [-0.15, -0.1) is 11.3 Å². The fraction of sp³-hybridized carbons (Fsp3) is 0.538. The highest BCUT2D eigenvalue weighted by molar-refractivity contribution is 7.10. The van der Waals surface area contributed by atoms with Gasteiger partial charge >= 0.3 is 11.9 Å². The molecule has 0 amide bonds. The van der Waals surface area contributed by atoms with Gasteiger partial charge in [0.25, 0.3) is 0 Å². The van der Waals surface area contributed by atoms with Gasteiger partial charge in [-0.25, -0.2) is 9.59 Å². The van der Waals surface area contributed by atoms with Gasteiger partial charge in [0.15, 0.2) is 12.2 Å². The molecule has 0 saturated heterocycles. The molecule has 4 N–H and O–H groups in total. The fourth-order valence-electron chi connectivity index (χ4n) is 1.78. The van der Waals surface area contributed by atoms with Crippen LogP contribution in [0.5, 0.6) is 0 Å². The zero-order valence-electron chi connectivity index (χ0n) is 12.2. The van der Waals surface area contributed by atoms with Gasteiger partial charge < -0.3 is 25.2 Å². The number of hydrogen-bond acceptors (Lipinski definition) is 7. The van der Waals surface area contributed by atoms with Gasteiger partial charge in [-0.3, -0.25) is 4.90 Å². The summed E-state index contributed by atoms with van der Waals surface area (Å²) in [4.78, 5) is 23.0. The SMILES string of the molecule is CN(C)[C@H]1OCCc2ccsc21.O=C(O)C(O)C(O)C(=O)O. The average Bonchev–Trinajstić information content (AvgIpc) is 2.94. The number of aliphatic hydroxyl groups is 2. The molecule has 1 aromatic heterocycles. The minimum atomic E-state index is -2.27. The van der Waals surface area contributed by atoms with Crippen molar-refractivity contribution in [1.82, 2.24) is 4.90 Å². The van der Waals surface area contributed by atoms with Gasteiger partial charge in [-0.2, -0.15) is 0 Å². The van der Waals surface area contributed by atoms with Gasteiger partial charge in [0.05, 0.1) is 11.5 Å². The third kappa shape index (κ3) is 4.75. The number of carboxylic acid groups (broad SMARTS) is 2. The molecule has 0 spiro atoms. The van der Waals surface area contributed by atoms with Crippen molar-refractivity contribution in [1.29, 1.82) is 0 Å². The fourth-order valence-corrected chi connectivity index (χ4v) is 2.88. The van der Waals surface area contributed by atoms with Gasteiger partial charge in [-0.05, 0) is 37.5 Å². The van der Waals surface area contributed by atoms with Crippen LogP contribution >= 0.6 is 11.3 Å². The Hall–Kier alpha value is -1.52. The van der Waals surface area contributed by atoms with Crippen molar-refractivity contribution in [3.8, 4) is 0 Å². The van der Waals surface area contributed by atoms with E-state index >= 15 is 0 Å². The highest BCUT2D eigenvalue weighted by Crippen LogP contribution is 2.32. The molecule has 0 saturated carbocycles. The summed E-state index contributed by atoms with van der Waals surface area (Å²) in [7, 11) is 4.11. The molecule has 0 radical (unpaired) electrons. The number of rotatable bonds is 4. The molecule has 22 heavy (non-hydrogen) atoms. The topological polar surface area (TPSA) is 128 Å². The molecule has 3 atom stereocenters. The maximum atomic E-state index is 9.77. The second-order valence-corrected chi connectivity index (χ2v) is 5.76. The molecule has 2 unspecified atom stereocenters. The summed E-state index contributed by atoms with van der Waals surface area (Å²) >= 11 is 1.80. The molecular weight excluding hydrogens is 314 g/mol. The molecule has 0 aromatic carbocycles. The quantitative estimate of drug-likeness (QED) is 0.594. The number of fused-ring (bicyclic) bond motifs is 1. The minimum absolute atomic E-state index is 0.189. The smallest absolute Gasteiger partial charge is 0.335 e. The Morgan fingerprint density at radius 3 is 2.27 bits per heavy atom. The monoisotopic (exact) mass is 333 g/mol. The number of hydrogen-bond donors (Lipinski definition) is 4. The van der Waals surface area contributed by atoms with Gasteiger partial charge in [0.1, 0.15) is 6.23 Å². The predicted octanol–water partition coefficient (Wildman–Crippen LogP) is -0.242. The molecule has 2 heterocycles. The van der Waals surface area contributed by atoms with Crippen molar-refractivity contribution in [3.63, 3.8) is 0 Å². The van der Waals surface area contributed by atoms with Crippen LogP contribution in [0.1, 0.15) is 16.7 Å². The van der Waals surface area contributed by atoms with E-state index in [4.69, 9.17) is 25.2 Å². The van der Waals surface area contributed by atoms with Crippen LogP contribution in [0, 0.1) is 0 Å². The normalized spacial score (nSPS) is 19.6. The Morgan fingerprint density at radius 2 is 1.82 bits per heavy atom. The zero-order chi connectivity index (χ0) is 16.9. The Kier molecular flexibility index (Phi) is 6.91. The Morgan fingerprint density at radius 1 is 1.27 bits per heavy atom. The van der Waals surface area contributed by atoms with Gasteiger partial charge in [0.2, 0.25) is 0 Å². The molecule has 1 aromatic rings. The molecule has 1 aliphatic heterocycles. The van der Waals surface area contributed by atoms with E-state index in [2.05, 4.69) is 30.4 Å². The highest BCUT2D eigenvalue weighted by atomic mass is 32.1. The standard InChI is InChI=1S/C9H13NOS.C4H6O6/c1-10(2)9-8-7(3-5-11-9)4-6-12-8;5-1(3(7)8)2(6)4(9)10/h4,6,9H,3,5H2,1-2H3;1-2,5-6H,(H,7,8)(H,9,10)/t9-;/m0./s1. The molecular formula is C13H19NO7S. The van der Waals surface area contributed by atoms with Crippen molar-refractivity contribution < 1.29 is 34.8 Å². The van der Waals surface area contributed by atoms with Crippen molar-refractivity contribution in [2.75, 3.05) is 20.7 Å². The largest absolute Gasteiger partial charge is 0.479 e. The molecule has 124 valence electrons. The summed E-state index contributed by atoms with van der Waals surface area (Å²) in [6, 6.07) is 2.21. The lowest BCUT2D eigenvalue weighted by atomic mass is 10.1. The number of carbonyl (C=O) groups is 2. The number of carboxylic acids is 2. The maximum absolute atomic E-state index is 9.77. The lowest BCUT2D eigenvalue weighted by Gasteiger charge is -2.28. The molecule has 9 heteroatoms. The average molecular weight is 333 g/mol. The molecule has 1 aliphatic rings. The van der Waals surface area contributed by atoms with Crippen molar-refractivity contribution in [3.05, 3.63) is 21.9 Å². The summed E-state index contributed by atoms with van der Waals surface area (Å²) < 4.78 is 5.66. The Bertz CT molecular complexity index is 498. The second-order valence-electron chi connectivity index (χ2n) is 4.81. The predicted molar refractivity (Wildman–Crippen MR) is 77.7 cm³/mol. The van der Waals surface area contributed by atoms with E-state index in [-0.39, 0.29) is 6.23 Å². The summed E-state index contributed by atoms with van der Waals surface area (Å²) in [6.45, 7) is 0.854. The van der Waals surface area contributed by atoms with Crippen molar-refractivity contribution in [2.24, 2.45) is 0 Å². The maximum Gasteiger partial charge on any atom is 0.335 e. The third-order valence-electron chi connectivity index (χ3n) is 2.93. The summed E-state index contributed by atoms with van der Waals surface area (Å²) in [5, 5.41) is 34.7. The first-order valence-corrected chi connectivity index (χ1v) is 7.29. The number of nitrogens with zero attached hydrogens (tertiary/aromatic N) is 1. The van der Waals surface area contributed by atoms with E-state index < -0.39 is 24.1 Å². The molecule has 8 nitrogen and oxygen atoms in total. The second kappa shape index (κ2) is 8.20. The van der Waals surface area contributed by atoms with Gasteiger partial charge in [0, 0.05) is 0 Å². The highest BCUT2D eigenvalue weighted by Gasteiger charge is 2.29. The molecule has 0 aliphatic carbocycles. The summed E-state index contributed by atoms with van der Waals surface area (Å²) in [5.74, 6) is -3.54. The Labute approximate surface area is 131 Å². The van der Waals surface area contributed by atoms with E-state index in [0.29, 0.717) is 0 Å². The van der Waals surface area contributed by atoms with Crippen molar-refractivity contribution >= 4 is 23.3 Å². The van der Waals surface area contributed by atoms with Crippen LogP contribution in [0.4, 0.5) is 0 Å². The summed E-state index contributed by atoms with van der Waals surface area (Å²) in [6.07, 6.45) is -3.27. The van der Waals surface area contributed by atoms with Crippen molar-refractivity contribution in [2.45, 2.75) is 24.9 Å². The number of aliphatic carboxylic acids is 2. The van der Waals surface area contributed by atoms with E-state index in [0.717, 1.165) is 13.0 Å². The van der Waals surface area contributed by atoms with E-state index in [1.165, 1.54) is 10.4 Å². The number of ether oxygens (including phenoxy) is 1. The summed E-state index contributed by atoms with van der Waals surface area (Å²) in [5.41, 5.74) is 1.46. The first kappa shape index (κ1) is 18.5. The first-order chi connectivity index (χ1) is 10.3. The van der Waals surface area contributed by atoms with Crippen LogP contribution in [0.3, 0.4) is 0 Å². The van der Waals surface area contributed by atoms with Crippen LogP contribution in [0.25, 0.3) is 0 Å². The first-order valence-electron chi connectivity index (χ1n) is 6.41. The molecule has 0 fully saturated rings. The minimum Gasteiger partial charge on any atom is -0.479 e. The number of thiophene rings is 1. The van der Waals surface area contributed by atoms with Crippen LogP contribution in [0.15, 0.2) is 11.4 Å². The number of aliphatic hydroxyl groups excluding tert-OH is 2. The van der Waals surface area contributed by atoms with Crippen LogP contribution in [-0.2, 0) is 20.7 Å². The lowest BCUT2D eigenvalue weighted by Crippen LogP contribution is -2.39. The van der Waals surface area contributed by atoms with E-state index in [9.17, 15) is 9.59 Å². The third-order valence-corrected chi connectivity index (χ3v) is 3.92. The van der Waals surface area contributed by atoms with Crippen LogP contribution in [0.2, 0.25) is 0 Å². The lowest BCUT2D eigenvalue weighted by molar-refractivity contribution is -0.165.